The van der Waals surface area contributed by atoms with Crippen molar-refractivity contribution in [2.75, 3.05) is 52.4 Å². The zero-order valence-corrected chi connectivity index (χ0v) is 15.7. The molecule has 0 atom stereocenters. The van der Waals surface area contributed by atoms with E-state index in [-0.39, 0.29) is 11.8 Å². The summed E-state index contributed by atoms with van der Waals surface area (Å²) in [5, 5.41) is 18.8. The van der Waals surface area contributed by atoms with Crippen LogP contribution >= 0.6 is 0 Å². The number of hydrogen-bond acceptors (Lipinski definition) is 7. The van der Waals surface area contributed by atoms with Crippen LogP contribution in [0.25, 0.3) is 0 Å². The molecule has 3 aliphatic heterocycles. The number of aliphatic carboxylic acids is 1. The maximum Gasteiger partial charge on any atom is 0.365 e. The monoisotopic (exact) mass is 379 g/mol. The Labute approximate surface area is 159 Å². The second-order valence-corrected chi connectivity index (χ2v) is 7.40. The molecule has 0 aliphatic carbocycles. The first-order valence-corrected chi connectivity index (χ1v) is 9.84. The fourth-order valence-electron chi connectivity index (χ4n) is 4.26. The number of amides is 1. The van der Waals surface area contributed by atoms with Gasteiger partial charge in [0, 0.05) is 38.1 Å². The Balaban J connectivity index is 1.70. The minimum absolute atomic E-state index is 0.267. The zero-order valence-electron chi connectivity index (χ0n) is 15.7. The molecule has 0 aromatic rings. The Morgan fingerprint density at radius 3 is 2.00 bits per heavy atom. The van der Waals surface area contributed by atoms with Gasteiger partial charge < -0.3 is 15.7 Å². The van der Waals surface area contributed by atoms with Gasteiger partial charge in [0.2, 0.25) is 11.6 Å². The van der Waals surface area contributed by atoms with Gasteiger partial charge >= 0.3 is 5.97 Å². The summed E-state index contributed by atoms with van der Waals surface area (Å²) in [7, 11) is 0. The highest BCUT2D eigenvalue weighted by molar-refractivity contribution is 5.99. The lowest BCUT2D eigenvalue weighted by Gasteiger charge is -2.44. The number of rotatable bonds is 5. The smallest absolute Gasteiger partial charge is 0.365 e. The maximum absolute atomic E-state index is 13.1. The second-order valence-electron chi connectivity index (χ2n) is 7.40. The minimum Gasteiger partial charge on any atom is -0.476 e. The van der Waals surface area contributed by atoms with Gasteiger partial charge in [0.25, 0.3) is 0 Å². The molecule has 150 valence electrons. The van der Waals surface area contributed by atoms with E-state index in [0.29, 0.717) is 32.0 Å². The zero-order chi connectivity index (χ0) is 19.2. The summed E-state index contributed by atoms with van der Waals surface area (Å²) < 4.78 is 0. The number of piperidine rings is 2. The molecule has 0 bridgehead atoms. The number of carboxylic acid groups (broad SMARTS) is 1. The fourth-order valence-corrected chi connectivity index (χ4v) is 4.26. The highest BCUT2D eigenvalue weighted by Crippen LogP contribution is 2.22. The predicted molar refractivity (Wildman–Crippen MR) is 98.3 cm³/mol. The Hall–Kier alpha value is -1.77. The van der Waals surface area contributed by atoms with Gasteiger partial charge in [-0.1, -0.05) is 0 Å². The van der Waals surface area contributed by atoms with Crippen molar-refractivity contribution >= 4 is 17.8 Å². The topological polar surface area (TPSA) is 105 Å². The van der Waals surface area contributed by atoms with Crippen molar-refractivity contribution in [2.24, 2.45) is 5.92 Å². The van der Waals surface area contributed by atoms with Gasteiger partial charge in [-0.25, -0.2) is 19.6 Å². The standard InChI is InChI=1S/C18H29N5O4/c24-13-16(18(26)27)23(17(25)14-1-5-19-6-2-14)22-11-9-21(10-12-22)15-3-7-20-8-4-15/h14-15,19-20H,1-12H2,(H,26,27). The van der Waals surface area contributed by atoms with Crippen LogP contribution < -0.4 is 10.6 Å². The number of hydrogen-bond donors (Lipinski definition) is 3. The summed E-state index contributed by atoms with van der Waals surface area (Å²) in [6.45, 7) is 6.05. The van der Waals surface area contributed by atoms with Crippen molar-refractivity contribution < 1.29 is 19.5 Å². The van der Waals surface area contributed by atoms with Crippen LogP contribution in [-0.4, -0.2) is 96.2 Å². The number of nitrogens with zero attached hydrogens (tertiary/aromatic N) is 3. The third-order valence-corrected chi connectivity index (χ3v) is 5.81. The molecule has 3 N–H and O–H groups in total. The summed E-state index contributed by atoms with van der Waals surface area (Å²) in [4.78, 5) is 38.4. The number of piperazine rings is 1. The molecule has 0 aromatic carbocycles. The first-order chi connectivity index (χ1) is 13.1. The first-order valence-electron chi connectivity index (χ1n) is 9.84. The molecular formula is C18H29N5O4. The SMILES string of the molecule is O=C=C(C(=O)O)N(C(=O)C1CCNCC1)N1CCN(C2CCNCC2)CC1. The molecular weight excluding hydrogens is 350 g/mol. The molecule has 27 heavy (non-hydrogen) atoms. The molecule has 1 amide bonds. The Kier molecular flexibility index (Phi) is 6.98. The summed E-state index contributed by atoms with van der Waals surface area (Å²) in [6.07, 6.45) is 3.50. The van der Waals surface area contributed by atoms with Gasteiger partial charge in [0.1, 0.15) is 0 Å². The van der Waals surface area contributed by atoms with Gasteiger partial charge in [-0.2, -0.15) is 0 Å². The molecule has 0 saturated carbocycles. The van der Waals surface area contributed by atoms with E-state index in [4.69, 9.17) is 0 Å². The lowest BCUT2D eigenvalue weighted by atomic mass is 9.97. The van der Waals surface area contributed by atoms with E-state index in [1.807, 2.05) is 0 Å². The van der Waals surface area contributed by atoms with Gasteiger partial charge in [-0.3, -0.25) is 9.69 Å². The number of carboxylic acids is 1. The van der Waals surface area contributed by atoms with Crippen LogP contribution in [0.1, 0.15) is 25.7 Å². The molecule has 0 aromatic heterocycles. The van der Waals surface area contributed by atoms with E-state index in [9.17, 15) is 19.5 Å². The number of nitrogens with one attached hydrogen (secondary N) is 2. The van der Waals surface area contributed by atoms with Gasteiger partial charge in [0.15, 0.2) is 5.94 Å². The highest BCUT2D eigenvalue weighted by Gasteiger charge is 2.37. The molecule has 0 unspecified atom stereocenters. The predicted octanol–water partition coefficient (Wildman–Crippen LogP) is -1.10. The Bertz CT molecular complexity index is 587. The van der Waals surface area contributed by atoms with Gasteiger partial charge in [-0.15, -0.1) is 0 Å². The van der Waals surface area contributed by atoms with Crippen molar-refractivity contribution in [3.63, 3.8) is 0 Å². The molecule has 9 nitrogen and oxygen atoms in total. The maximum atomic E-state index is 13.1. The number of carbonyl (C=O) groups excluding carboxylic acids is 2. The highest BCUT2D eigenvalue weighted by atomic mass is 16.4. The van der Waals surface area contributed by atoms with E-state index < -0.39 is 11.7 Å². The first kappa shape index (κ1) is 20.0. The Morgan fingerprint density at radius 1 is 0.926 bits per heavy atom. The van der Waals surface area contributed by atoms with Gasteiger partial charge in [0.05, 0.1) is 0 Å². The Morgan fingerprint density at radius 2 is 1.48 bits per heavy atom. The summed E-state index contributed by atoms with van der Waals surface area (Å²) in [6, 6.07) is 0.530. The van der Waals surface area contributed by atoms with Crippen molar-refractivity contribution in [1.29, 1.82) is 0 Å². The second kappa shape index (κ2) is 9.43. The summed E-state index contributed by atoms with van der Waals surface area (Å²) in [5.74, 6) is -0.488. The summed E-state index contributed by atoms with van der Waals surface area (Å²) >= 11 is 0. The van der Waals surface area contributed by atoms with E-state index in [2.05, 4.69) is 15.5 Å². The van der Waals surface area contributed by atoms with Crippen LogP contribution in [0.15, 0.2) is 5.70 Å². The van der Waals surface area contributed by atoms with Crippen LogP contribution in [-0.2, 0) is 14.4 Å². The van der Waals surface area contributed by atoms with E-state index in [0.717, 1.165) is 57.1 Å². The molecule has 3 saturated heterocycles. The molecule has 3 aliphatic rings. The van der Waals surface area contributed by atoms with Crippen LogP contribution in [0.2, 0.25) is 0 Å². The summed E-state index contributed by atoms with van der Waals surface area (Å²) in [5.41, 5.74) is -0.603. The van der Waals surface area contributed by atoms with Crippen LogP contribution in [0.3, 0.4) is 0 Å². The van der Waals surface area contributed by atoms with Crippen molar-refractivity contribution in [3.8, 4) is 0 Å². The molecule has 3 rings (SSSR count). The fraction of sp³-hybridized carbons (Fsp3) is 0.778. The average molecular weight is 379 g/mol. The quantitative estimate of drug-likeness (QED) is 0.408. The molecule has 9 heteroatoms. The number of hydrazine groups is 1. The third kappa shape index (κ3) is 4.75. The van der Waals surface area contributed by atoms with Crippen LogP contribution in [0.4, 0.5) is 0 Å². The largest absolute Gasteiger partial charge is 0.476 e. The molecule has 3 fully saturated rings. The molecule has 0 radical (unpaired) electrons. The molecule has 0 spiro atoms. The third-order valence-electron chi connectivity index (χ3n) is 5.81. The normalized spacial score (nSPS) is 23.6. The van der Waals surface area contributed by atoms with Crippen LogP contribution in [0, 0.1) is 5.92 Å². The lowest BCUT2D eigenvalue weighted by Crippen LogP contribution is -2.59. The van der Waals surface area contributed by atoms with Crippen LogP contribution in [0.5, 0.6) is 0 Å². The average Bonchev–Trinajstić information content (AvgIpc) is 2.72. The van der Waals surface area contributed by atoms with Crippen molar-refractivity contribution in [3.05, 3.63) is 5.70 Å². The van der Waals surface area contributed by atoms with E-state index in [1.165, 1.54) is 5.94 Å². The van der Waals surface area contributed by atoms with E-state index >= 15 is 0 Å². The van der Waals surface area contributed by atoms with E-state index in [1.54, 1.807) is 5.01 Å². The van der Waals surface area contributed by atoms with Crippen molar-refractivity contribution in [1.82, 2.24) is 25.6 Å². The minimum atomic E-state index is -1.41. The molecule has 3 heterocycles. The van der Waals surface area contributed by atoms with Crippen molar-refractivity contribution in [2.45, 2.75) is 31.7 Å². The number of carbonyl (C=O) groups is 2. The van der Waals surface area contributed by atoms with Gasteiger partial charge in [-0.05, 0) is 51.9 Å². The lowest BCUT2D eigenvalue weighted by molar-refractivity contribution is -0.158.